The second kappa shape index (κ2) is 9.37. The van der Waals surface area contributed by atoms with Crippen LogP contribution in [0.1, 0.15) is 27.3 Å². The van der Waals surface area contributed by atoms with Gasteiger partial charge in [-0.05, 0) is 56.3 Å². The predicted molar refractivity (Wildman–Crippen MR) is 128 cm³/mol. The SMILES string of the molecule is Cc1cc(/C=N\NC(=O)CSc2nc3ccccc3s2)c(C)n1-c1ccc(C(=O)O)cc1. The number of thioether (sulfide) groups is 1. The van der Waals surface area contributed by atoms with Crippen LogP contribution >= 0.6 is 23.1 Å². The molecule has 0 spiro atoms. The van der Waals surface area contributed by atoms with Crippen molar-refractivity contribution in [2.24, 2.45) is 5.10 Å². The van der Waals surface area contributed by atoms with Gasteiger partial charge in [0.15, 0.2) is 4.34 Å². The number of carbonyl (C=O) groups is 2. The molecule has 4 aromatic rings. The molecule has 2 heterocycles. The molecule has 0 radical (unpaired) electrons. The molecule has 0 saturated heterocycles. The average molecular weight is 465 g/mol. The lowest BCUT2D eigenvalue weighted by Crippen LogP contribution is -2.19. The maximum absolute atomic E-state index is 12.2. The Morgan fingerprint density at radius 2 is 1.94 bits per heavy atom. The van der Waals surface area contributed by atoms with Crippen LogP contribution in [0.4, 0.5) is 0 Å². The third-order valence-corrected chi connectivity index (χ3v) is 7.02. The van der Waals surface area contributed by atoms with E-state index in [0.29, 0.717) is 0 Å². The summed E-state index contributed by atoms with van der Waals surface area (Å²) in [7, 11) is 0. The second-order valence-corrected chi connectivity index (χ2v) is 9.30. The van der Waals surface area contributed by atoms with Crippen LogP contribution in [0.25, 0.3) is 15.9 Å². The number of carbonyl (C=O) groups excluding carboxylic acids is 1. The van der Waals surface area contributed by atoms with E-state index in [1.165, 1.54) is 11.8 Å². The monoisotopic (exact) mass is 464 g/mol. The largest absolute Gasteiger partial charge is 0.478 e. The summed E-state index contributed by atoms with van der Waals surface area (Å²) >= 11 is 2.95. The van der Waals surface area contributed by atoms with Gasteiger partial charge in [-0.3, -0.25) is 4.79 Å². The molecular formula is C23H20N4O3S2. The Kier molecular flexibility index (Phi) is 6.38. The third kappa shape index (κ3) is 4.74. The van der Waals surface area contributed by atoms with Gasteiger partial charge >= 0.3 is 5.97 Å². The minimum atomic E-state index is -0.956. The first kappa shape index (κ1) is 21.8. The Morgan fingerprint density at radius 3 is 2.66 bits per heavy atom. The first-order valence-electron chi connectivity index (χ1n) is 9.75. The summed E-state index contributed by atoms with van der Waals surface area (Å²) in [6.07, 6.45) is 1.62. The van der Waals surface area contributed by atoms with Gasteiger partial charge in [0.1, 0.15) is 0 Å². The standard InChI is InChI=1S/C23H20N4O3S2/c1-14-11-17(15(2)27(14)18-9-7-16(8-10-18)22(29)30)12-24-26-21(28)13-31-23-25-19-5-3-4-6-20(19)32-23/h3-12H,13H2,1-2H3,(H,26,28)(H,29,30)/b24-12-. The fraction of sp³-hybridized carbons (Fsp3) is 0.130. The topological polar surface area (TPSA) is 96.6 Å². The number of para-hydroxylation sites is 1. The Bertz CT molecular complexity index is 1290. The van der Waals surface area contributed by atoms with Crippen LogP contribution in [0.15, 0.2) is 64.0 Å². The number of hydrazone groups is 1. The van der Waals surface area contributed by atoms with E-state index in [4.69, 9.17) is 5.11 Å². The molecule has 162 valence electrons. The van der Waals surface area contributed by atoms with Crippen molar-refractivity contribution >= 4 is 51.4 Å². The number of fused-ring (bicyclic) bond motifs is 1. The Hall–Kier alpha value is -3.43. The Balaban J connectivity index is 1.38. The molecule has 32 heavy (non-hydrogen) atoms. The van der Waals surface area contributed by atoms with Crippen LogP contribution in [0.2, 0.25) is 0 Å². The number of rotatable bonds is 7. The number of carboxylic acid groups (broad SMARTS) is 1. The van der Waals surface area contributed by atoms with Gasteiger partial charge in [-0.1, -0.05) is 23.9 Å². The number of thiazole rings is 1. The molecule has 0 unspecified atom stereocenters. The summed E-state index contributed by atoms with van der Waals surface area (Å²) in [5.74, 6) is -0.933. The number of nitrogens with one attached hydrogen (secondary N) is 1. The highest BCUT2D eigenvalue weighted by atomic mass is 32.2. The van der Waals surface area contributed by atoms with Gasteiger partial charge in [-0.2, -0.15) is 5.10 Å². The molecule has 2 N–H and O–H groups in total. The first-order chi connectivity index (χ1) is 15.4. The van der Waals surface area contributed by atoms with Crippen molar-refractivity contribution in [2.45, 2.75) is 18.2 Å². The van der Waals surface area contributed by atoms with Crippen LogP contribution in [0.5, 0.6) is 0 Å². The van der Waals surface area contributed by atoms with Gasteiger partial charge in [0, 0.05) is 22.6 Å². The number of nitrogens with zero attached hydrogens (tertiary/aromatic N) is 3. The quantitative estimate of drug-likeness (QED) is 0.236. The summed E-state index contributed by atoms with van der Waals surface area (Å²) in [6.45, 7) is 3.91. The van der Waals surface area contributed by atoms with Gasteiger partial charge in [0.25, 0.3) is 5.91 Å². The van der Waals surface area contributed by atoms with E-state index in [0.717, 1.165) is 37.2 Å². The van der Waals surface area contributed by atoms with Gasteiger partial charge in [0.05, 0.1) is 27.7 Å². The molecule has 0 atom stereocenters. The van der Waals surface area contributed by atoms with Crippen LogP contribution in [0, 0.1) is 13.8 Å². The highest BCUT2D eigenvalue weighted by molar-refractivity contribution is 8.01. The lowest BCUT2D eigenvalue weighted by Gasteiger charge is -2.09. The molecule has 4 rings (SSSR count). The Morgan fingerprint density at radius 1 is 1.19 bits per heavy atom. The minimum Gasteiger partial charge on any atom is -0.478 e. The third-order valence-electron chi connectivity index (χ3n) is 4.84. The average Bonchev–Trinajstić information content (AvgIpc) is 3.32. The van der Waals surface area contributed by atoms with E-state index in [1.54, 1.807) is 41.8 Å². The normalized spacial score (nSPS) is 11.3. The molecule has 0 aliphatic carbocycles. The maximum atomic E-state index is 12.2. The zero-order chi connectivity index (χ0) is 22.7. The molecule has 0 fully saturated rings. The van der Waals surface area contributed by atoms with Crippen molar-refractivity contribution in [2.75, 3.05) is 5.75 Å². The second-order valence-electron chi connectivity index (χ2n) is 7.04. The zero-order valence-corrected chi connectivity index (χ0v) is 19.0. The predicted octanol–water partition coefficient (Wildman–Crippen LogP) is 4.64. The fourth-order valence-corrected chi connectivity index (χ4v) is 5.18. The summed E-state index contributed by atoms with van der Waals surface area (Å²) in [5, 5.41) is 13.2. The van der Waals surface area contributed by atoms with Crippen molar-refractivity contribution in [3.8, 4) is 5.69 Å². The summed E-state index contributed by atoms with van der Waals surface area (Å²) < 4.78 is 3.96. The van der Waals surface area contributed by atoms with Gasteiger partial charge in [-0.25, -0.2) is 15.2 Å². The van der Waals surface area contributed by atoms with Crippen molar-refractivity contribution in [1.82, 2.24) is 15.0 Å². The summed E-state index contributed by atoms with van der Waals surface area (Å²) in [6, 6.07) is 16.5. The highest BCUT2D eigenvalue weighted by Crippen LogP contribution is 2.29. The molecule has 0 saturated carbocycles. The Labute approximate surface area is 192 Å². The van der Waals surface area contributed by atoms with Crippen molar-refractivity contribution in [3.05, 3.63) is 77.1 Å². The number of aromatic carboxylic acids is 1. The lowest BCUT2D eigenvalue weighted by molar-refractivity contribution is -0.118. The minimum absolute atomic E-state index is 0.205. The molecule has 2 aromatic heterocycles. The molecule has 7 nitrogen and oxygen atoms in total. The number of aryl methyl sites for hydroxylation is 1. The number of aromatic nitrogens is 2. The molecule has 0 aliphatic heterocycles. The number of carboxylic acids is 1. The number of benzene rings is 2. The molecule has 2 aromatic carbocycles. The van der Waals surface area contributed by atoms with E-state index < -0.39 is 5.97 Å². The van der Waals surface area contributed by atoms with E-state index >= 15 is 0 Å². The van der Waals surface area contributed by atoms with Crippen LogP contribution < -0.4 is 5.43 Å². The lowest BCUT2D eigenvalue weighted by atomic mass is 10.2. The molecule has 9 heteroatoms. The van der Waals surface area contributed by atoms with E-state index in [1.807, 2.05) is 48.7 Å². The fourth-order valence-electron chi connectivity index (χ4n) is 3.31. The highest BCUT2D eigenvalue weighted by Gasteiger charge is 2.11. The van der Waals surface area contributed by atoms with Crippen molar-refractivity contribution < 1.29 is 14.7 Å². The molecule has 0 aliphatic rings. The smallest absolute Gasteiger partial charge is 0.335 e. The maximum Gasteiger partial charge on any atom is 0.335 e. The van der Waals surface area contributed by atoms with Gasteiger partial charge in [-0.15, -0.1) is 11.3 Å². The molecular weight excluding hydrogens is 444 g/mol. The van der Waals surface area contributed by atoms with Crippen LogP contribution in [-0.4, -0.2) is 38.5 Å². The molecule has 1 amide bonds. The number of amides is 1. The molecule has 0 bridgehead atoms. The van der Waals surface area contributed by atoms with E-state index in [-0.39, 0.29) is 17.2 Å². The van der Waals surface area contributed by atoms with E-state index in [9.17, 15) is 9.59 Å². The van der Waals surface area contributed by atoms with Gasteiger partial charge < -0.3 is 9.67 Å². The number of hydrogen-bond donors (Lipinski definition) is 2. The van der Waals surface area contributed by atoms with Gasteiger partial charge in [0.2, 0.25) is 0 Å². The van der Waals surface area contributed by atoms with Crippen LogP contribution in [-0.2, 0) is 4.79 Å². The van der Waals surface area contributed by atoms with Crippen LogP contribution in [0.3, 0.4) is 0 Å². The zero-order valence-electron chi connectivity index (χ0n) is 17.4. The summed E-state index contributed by atoms with van der Waals surface area (Å²) in [5.41, 5.74) is 7.38. The van der Waals surface area contributed by atoms with Crippen molar-refractivity contribution in [1.29, 1.82) is 0 Å². The van der Waals surface area contributed by atoms with Crippen molar-refractivity contribution in [3.63, 3.8) is 0 Å². The van der Waals surface area contributed by atoms with E-state index in [2.05, 4.69) is 15.5 Å². The first-order valence-corrected chi connectivity index (χ1v) is 11.6. The summed E-state index contributed by atoms with van der Waals surface area (Å²) in [4.78, 5) is 27.7. The number of hydrogen-bond acceptors (Lipinski definition) is 6.